The summed E-state index contributed by atoms with van der Waals surface area (Å²) in [5.74, 6) is 0.259. The molecule has 72 valence electrons. The van der Waals surface area contributed by atoms with Crippen LogP contribution in [0.1, 0.15) is 5.56 Å². The van der Waals surface area contributed by atoms with Gasteiger partial charge in [0, 0.05) is 0 Å². The first kappa shape index (κ1) is 11.2. The molecule has 0 radical (unpaired) electrons. The van der Waals surface area contributed by atoms with Crippen molar-refractivity contribution in [2.75, 3.05) is 0 Å². The Morgan fingerprint density at radius 3 is 2.08 bits per heavy atom. The highest BCUT2D eigenvalue weighted by Gasteiger charge is 2.23. The van der Waals surface area contributed by atoms with Gasteiger partial charge in [-0.2, -0.15) is 0 Å². The van der Waals surface area contributed by atoms with Crippen LogP contribution in [0.3, 0.4) is 0 Å². The van der Waals surface area contributed by atoms with Gasteiger partial charge in [-0.25, -0.2) is 0 Å². The van der Waals surface area contributed by atoms with Gasteiger partial charge in [-0.05, 0) is 30.2 Å². The number of phenolic OH excluding ortho intramolecular Hbond substituents is 1. The van der Waals surface area contributed by atoms with Crippen LogP contribution in [0.25, 0.3) is 0 Å². The van der Waals surface area contributed by atoms with Crippen molar-refractivity contribution in [2.45, 2.75) is 12.5 Å². The van der Waals surface area contributed by atoms with Gasteiger partial charge in [0.2, 0.25) is 0 Å². The van der Waals surface area contributed by atoms with Crippen molar-refractivity contribution < 1.29 is 5.11 Å². The van der Waals surface area contributed by atoms with E-state index in [2.05, 4.69) is 0 Å². The summed E-state index contributed by atoms with van der Waals surface area (Å²) >= 11 is 17.2. The summed E-state index contributed by atoms with van der Waals surface area (Å²) in [6.07, 6.45) is 0.753. The average molecular weight is 256 g/mol. The number of rotatable bonds is 3. The molecule has 0 aliphatic carbocycles. The van der Waals surface area contributed by atoms with Gasteiger partial charge in [0.1, 0.15) is 5.75 Å². The molecule has 1 rings (SSSR count). The predicted octanol–water partition coefficient (Wildman–Crippen LogP) is 3.59. The number of aryl methyl sites for hydroxylation is 1. The van der Waals surface area contributed by atoms with E-state index in [1.807, 2.05) is 12.1 Å². The maximum atomic E-state index is 9.02. The number of halogens is 3. The van der Waals surface area contributed by atoms with Gasteiger partial charge >= 0.3 is 6.00 Å². The van der Waals surface area contributed by atoms with E-state index in [1.54, 1.807) is 12.1 Å². The van der Waals surface area contributed by atoms with Crippen molar-refractivity contribution in [2.24, 2.45) is 0 Å². The highest BCUT2D eigenvalue weighted by Crippen LogP contribution is 2.26. The van der Waals surface area contributed by atoms with E-state index < -0.39 is 6.00 Å². The van der Waals surface area contributed by atoms with Gasteiger partial charge in [-0.15, -0.1) is 33.2 Å². The molecule has 1 aromatic rings. The van der Waals surface area contributed by atoms with Crippen LogP contribution in [0.15, 0.2) is 24.3 Å². The molecule has 1 aromatic carbocycles. The number of hydrogen-bond acceptors (Lipinski definition) is 1. The van der Waals surface area contributed by atoms with Gasteiger partial charge < -0.3 is 5.11 Å². The van der Waals surface area contributed by atoms with Gasteiger partial charge in [0.15, 0.2) is 0 Å². The highest BCUT2D eigenvalue weighted by atomic mass is 35.8. The molecular weight excluding hydrogens is 247 g/mol. The van der Waals surface area contributed by atoms with Gasteiger partial charge in [-0.3, -0.25) is 0 Å². The molecule has 0 aliphatic heterocycles. The Kier molecular flexibility index (Phi) is 3.92. The fourth-order valence-electron chi connectivity index (χ4n) is 0.949. The third-order valence-electron chi connectivity index (χ3n) is 1.63. The molecule has 5 heteroatoms. The largest absolute Gasteiger partial charge is 0.508 e. The topological polar surface area (TPSA) is 20.2 Å². The van der Waals surface area contributed by atoms with E-state index in [0.29, 0.717) is 6.04 Å². The minimum Gasteiger partial charge on any atom is -0.508 e. The van der Waals surface area contributed by atoms with E-state index in [-0.39, 0.29) is 5.75 Å². The average Bonchev–Trinajstić information content (AvgIpc) is 2.02. The second-order valence-corrected chi connectivity index (χ2v) is 12.1. The van der Waals surface area contributed by atoms with Gasteiger partial charge in [0.25, 0.3) is 0 Å². The third kappa shape index (κ3) is 4.77. The van der Waals surface area contributed by atoms with Crippen molar-refractivity contribution in [1.82, 2.24) is 0 Å². The first-order chi connectivity index (χ1) is 5.97. The quantitative estimate of drug-likeness (QED) is 0.646. The Morgan fingerprint density at radius 1 is 1.08 bits per heavy atom. The summed E-state index contributed by atoms with van der Waals surface area (Å²) in [4.78, 5) is 0. The molecular formula is C8H9Cl3OSi. The second-order valence-electron chi connectivity index (χ2n) is 2.78. The molecule has 0 saturated carbocycles. The standard InChI is InChI=1S/C8H9Cl3OSi/c9-13(10,11)6-5-7-1-3-8(12)4-2-7/h1-4,12H,5-6H2. The van der Waals surface area contributed by atoms with Crippen LogP contribution in [-0.4, -0.2) is 11.1 Å². The van der Waals surface area contributed by atoms with Crippen molar-refractivity contribution in [3.8, 4) is 5.75 Å². The third-order valence-corrected chi connectivity index (χ3v) is 4.15. The Hall–Kier alpha value is 0.107. The Labute approximate surface area is 92.4 Å². The second kappa shape index (κ2) is 4.56. The van der Waals surface area contributed by atoms with Gasteiger partial charge in [0.05, 0.1) is 0 Å². The van der Waals surface area contributed by atoms with E-state index in [1.165, 1.54) is 0 Å². The van der Waals surface area contributed by atoms with Crippen LogP contribution in [0.4, 0.5) is 0 Å². The van der Waals surface area contributed by atoms with E-state index in [4.69, 9.17) is 38.3 Å². The fraction of sp³-hybridized carbons (Fsp3) is 0.250. The molecule has 0 aliphatic rings. The fourth-order valence-corrected chi connectivity index (χ4v) is 2.37. The number of hydrogen-bond donors (Lipinski definition) is 1. The van der Waals surface area contributed by atoms with Crippen molar-refractivity contribution in [1.29, 1.82) is 0 Å². The maximum absolute atomic E-state index is 9.02. The normalized spacial score (nSPS) is 11.6. The first-order valence-electron chi connectivity index (χ1n) is 3.82. The van der Waals surface area contributed by atoms with E-state index in [9.17, 15) is 0 Å². The summed E-state index contributed by atoms with van der Waals surface area (Å²) in [5, 5.41) is 9.02. The Bertz CT molecular complexity index is 268. The molecule has 0 atom stereocenters. The van der Waals surface area contributed by atoms with Crippen LogP contribution < -0.4 is 0 Å². The molecule has 0 fully saturated rings. The minimum absolute atomic E-state index is 0.259. The summed E-state index contributed by atoms with van der Waals surface area (Å²) in [5.41, 5.74) is 1.08. The van der Waals surface area contributed by atoms with Crippen molar-refractivity contribution in [3.05, 3.63) is 29.8 Å². The smallest absolute Gasteiger partial charge is 0.341 e. The van der Waals surface area contributed by atoms with Gasteiger partial charge in [-0.1, -0.05) is 12.1 Å². The zero-order chi connectivity index (χ0) is 9.90. The molecule has 0 saturated heterocycles. The van der Waals surface area contributed by atoms with Crippen molar-refractivity contribution >= 4 is 39.2 Å². The number of aromatic hydroxyl groups is 1. The summed E-state index contributed by atoms with van der Waals surface area (Å²) < 4.78 is 0. The Morgan fingerprint density at radius 2 is 1.62 bits per heavy atom. The van der Waals surface area contributed by atoms with E-state index in [0.717, 1.165) is 12.0 Å². The molecule has 13 heavy (non-hydrogen) atoms. The zero-order valence-corrected chi connectivity index (χ0v) is 10.1. The molecule has 1 N–H and O–H groups in total. The van der Waals surface area contributed by atoms with E-state index >= 15 is 0 Å². The SMILES string of the molecule is Oc1ccc(CC[Si](Cl)(Cl)Cl)cc1. The molecule has 0 unspecified atom stereocenters. The first-order valence-corrected chi connectivity index (χ1v) is 9.06. The molecule has 0 bridgehead atoms. The van der Waals surface area contributed by atoms with Crippen LogP contribution >= 0.6 is 33.2 Å². The van der Waals surface area contributed by atoms with Crippen LogP contribution in [0.5, 0.6) is 5.75 Å². The lowest BCUT2D eigenvalue weighted by Gasteiger charge is -2.06. The lowest BCUT2D eigenvalue weighted by Crippen LogP contribution is -2.09. The lowest BCUT2D eigenvalue weighted by molar-refractivity contribution is 0.475. The molecule has 0 aromatic heterocycles. The van der Waals surface area contributed by atoms with Crippen LogP contribution in [0.2, 0.25) is 6.04 Å². The summed E-state index contributed by atoms with van der Waals surface area (Å²) in [7, 11) is 0. The van der Waals surface area contributed by atoms with Crippen LogP contribution in [-0.2, 0) is 6.42 Å². The monoisotopic (exact) mass is 254 g/mol. The minimum atomic E-state index is -2.50. The van der Waals surface area contributed by atoms with Crippen LogP contribution in [0, 0.1) is 0 Å². The molecule has 0 amide bonds. The summed E-state index contributed by atoms with van der Waals surface area (Å²) in [6, 6.07) is 5.05. The number of phenols is 1. The molecule has 0 heterocycles. The lowest BCUT2D eigenvalue weighted by atomic mass is 10.2. The predicted molar refractivity (Wildman–Crippen MR) is 59.9 cm³/mol. The van der Waals surface area contributed by atoms with Crippen molar-refractivity contribution in [3.63, 3.8) is 0 Å². The number of benzene rings is 1. The Balaban J connectivity index is 2.51. The highest BCUT2D eigenvalue weighted by molar-refractivity contribution is 7.64. The molecule has 0 spiro atoms. The maximum Gasteiger partial charge on any atom is 0.341 e. The summed E-state index contributed by atoms with van der Waals surface area (Å²) in [6.45, 7) is 0. The molecule has 1 nitrogen and oxygen atoms in total. The zero-order valence-electron chi connectivity index (χ0n) is 6.80.